The zero-order valence-electron chi connectivity index (χ0n) is 12.7. The monoisotopic (exact) mass is 318 g/mol. The van der Waals surface area contributed by atoms with Gasteiger partial charge in [-0.05, 0) is 19.8 Å². The number of carbonyl (C=O) groups is 2. The molecule has 0 spiro atoms. The lowest BCUT2D eigenvalue weighted by Crippen LogP contribution is -2.54. The molecule has 21 heavy (non-hydrogen) atoms. The first kappa shape index (κ1) is 18.2. The number of nitrogens with zero attached hydrogens (tertiary/aromatic N) is 1. The van der Waals surface area contributed by atoms with E-state index in [2.05, 4.69) is 27.8 Å². The summed E-state index contributed by atoms with van der Waals surface area (Å²) in [4.78, 5) is 25.7. The average molecular weight is 319 g/mol. The predicted octanol–water partition coefficient (Wildman–Crippen LogP) is 0.860. The number of hydrogen-bond acceptors (Lipinski definition) is 4. The van der Waals surface area contributed by atoms with E-state index in [9.17, 15) is 9.59 Å². The van der Waals surface area contributed by atoms with E-state index in [0.717, 1.165) is 45.3 Å². The summed E-state index contributed by atoms with van der Waals surface area (Å²) in [6, 6.07) is 0.218. The summed E-state index contributed by atoms with van der Waals surface area (Å²) in [5.41, 5.74) is 0. The summed E-state index contributed by atoms with van der Waals surface area (Å²) < 4.78 is 0. The molecule has 122 valence electrons. The van der Waals surface area contributed by atoms with Gasteiger partial charge in [-0.1, -0.05) is 19.3 Å². The molecule has 0 bridgehead atoms. The van der Waals surface area contributed by atoms with Gasteiger partial charge in [0.15, 0.2) is 0 Å². The number of urea groups is 1. The molecule has 6 nitrogen and oxygen atoms in total. The smallest absolute Gasteiger partial charge is 0.321 e. The Balaban J connectivity index is 0.00000220. The first-order valence-corrected chi connectivity index (χ1v) is 7.70. The lowest BCUT2D eigenvalue weighted by molar-refractivity contribution is -0.121. The fourth-order valence-electron chi connectivity index (χ4n) is 2.94. The van der Waals surface area contributed by atoms with E-state index >= 15 is 0 Å². The summed E-state index contributed by atoms with van der Waals surface area (Å²) >= 11 is 0. The summed E-state index contributed by atoms with van der Waals surface area (Å²) in [5, 5.41) is 8.62. The molecule has 2 rings (SSSR count). The van der Waals surface area contributed by atoms with Crippen molar-refractivity contribution in [3.63, 3.8) is 0 Å². The quantitative estimate of drug-likeness (QED) is 0.721. The van der Waals surface area contributed by atoms with Crippen LogP contribution in [0, 0.1) is 0 Å². The van der Waals surface area contributed by atoms with E-state index in [4.69, 9.17) is 0 Å². The van der Waals surface area contributed by atoms with Crippen LogP contribution in [0.1, 0.15) is 39.0 Å². The van der Waals surface area contributed by atoms with Crippen LogP contribution in [0.2, 0.25) is 0 Å². The molecule has 3 amide bonds. The molecule has 1 unspecified atom stereocenters. The first-order valence-electron chi connectivity index (χ1n) is 7.70. The Morgan fingerprint density at radius 1 is 1.24 bits per heavy atom. The molecule has 1 heterocycles. The van der Waals surface area contributed by atoms with Gasteiger partial charge in [-0.25, -0.2) is 4.79 Å². The number of imide groups is 1. The van der Waals surface area contributed by atoms with Crippen molar-refractivity contribution in [3.8, 4) is 0 Å². The summed E-state index contributed by atoms with van der Waals surface area (Å²) in [7, 11) is 0. The largest absolute Gasteiger partial charge is 0.335 e. The van der Waals surface area contributed by atoms with Gasteiger partial charge >= 0.3 is 6.03 Å². The Bertz CT molecular complexity index is 348. The van der Waals surface area contributed by atoms with Gasteiger partial charge in [-0.2, -0.15) is 0 Å². The van der Waals surface area contributed by atoms with Gasteiger partial charge in [-0.3, -0.25) is 15.0 Å². The fourth-order valence-corrected chi connectivity index (χ4v) is 2.94. The topological polar surface area (TPSA) is 73.5 Å². The fraction of sp³-hybridized carbons (Fsp3) is 0.857. The Labute approximate surface area is 132 Å². The maximum Gasteiger partial charge on any atom is 0.321 e. The molecule has 0 aromatic carbocycles. The van der Waals surface area contributed by atoms with Crippen molar-refractivity contribution >= 4 is 24.3 Å². The molecular formula is C14H27ClN4O2. The highest BCUT2D eigenvalue weighted by atomic mass is 35.5. The Kier molecular flexibility index (Phi) is 8.00. The first-order chi connectivity index (χ1) is 9.65. The zero-order valence-corrected chi connectivity index (χ0v) is 13.5. The second-order valence-corrected chi connectivity index (χ2v) is 5.88. The highest BCUT2D eigenvalue weighted by Crippen LogP contribution is 2.17. The molecule has 1 saturated heterocycles. The summed E-state index contributed by atoms with van der Waals surface area (Å²) in [6.45, 7) is 5.01. The standard InChI is InChI=1S/C14H26N4O2.ClH/c1-11-9-15-7-8-18(11)10-13(19)17-14(20)16-12-5-3-2-4-6-12;/h11-12,15H,2-10H2,1H3,(H2,16,17,19,20);1H. The van der Waals surface area contributed by atoms with Gasteiger partial charge < -0.3 is 10.6 Å². The summed E-state index contributed by atoms with van der Waals surface area (Å²) in [6.07, 6.45) is 5.63. The minimum absolute atomic E-state index is 0. The molecule has 3 N–H and O–H groups in total. The second-order valence-electron chi connectivity index (χ2n) is 5.88. The Hall–Kier alpha value is -0.850. The zero-order chi connectivity index (χ0) is 14.4. The SMILES string of the molecule is CC1CNCCN1CC(=O)NC(=O)NC1CCCCC1.Cl. The maximum atomic E-state index is 11.9. The lowest BCUT2D eigenvalue weighted by Gasteiger charge is -2.33. The average Bonchev–Trinajstić information content (AvgIpc) is 2.42. The molecule has 0 aromatic heterocycles. The van der Waals surface area contributed by atoms with Gasteiger partial charge in [0.1, 0.15) is 0 Å². The summed E-state index contributed by atoms with van der Waals surface area (Å²) in [5.74, 6) is -0.216. The van der Waals surface area contributed by atoms with Crippen LogP contribution in [0.5, 0.6) is 0 Å². The van der Waals surface area contributed by atoms with E-state index in [-0.39, 0.29) is 30.4 Å². The predicted molar refractivity (Wildman–Crippen MR) is 84.7 cm³/mol. The number of amides is 3. The lowest BCUT2D eigenvalue weighted by atomic mass is 9.96. The molecule has 1 atom stereocenters. The van der Waals surface area contributed by atoms with Gasteiger partial charge in [0.05, 0.1) is 6.54 Å². The molecule has 1 saturated carbocycles. The van der Waals surface area contributed by atoms with Crippen molar-refractivity contribution in [2.75, 3.05) is 26.2 Å². The number of hydrogen-bond donors (Lipinski definition) is 3. The van der Waals surface area contributed by atoms with Crippen LogP contribution < -0.4 is 16.0 Å². The Morgan fingerprint density at radius 2 is 1.95 bits per heavy atom. The van der Waals surface area contributed by atoms with Crippen LogP contribution in [0.15, 0.2) is 0 Å². The third-order valence-electron chi connectivity index (χ3n) is 4.18. The van der Waals surface area contributed by atoms with Crippen molar-refractivity contribution in [3.05, 3.63) is 0 Å². The highest BCUT2D eigenvalue weighted by Gasteiger charge is 2.22. The van der Waals surface area contributed by atoms with Gasteiger partial charge in [0.2, 0.25) is 5.91 Å². The van der Waals surface area contributed by atoms with Crippen LogP contribution in [0.3, 0.4) is 0 Å². The van der Waals surface area contributed by atoms with E-state index in [0.29, 0.717) is 12.6 Å². The molecule has 7 heteroatoms. The molecular weight excluding hydrogens is 292 g/mol. The molecule has 2 fully saturated rings. The molecule has 0 radical (unpaired) electrons. The maximum absolute atomic E-state index is 11.9. The second kappa shape index (κ2) is 9.23. The number of halogens is 1. The Morgan fingerprint density at radius 3 is 2.62 bits per heavy atom. The van der Waals surface area contributed by atoms with E-state index in [1.165, 1.54) is 6.42 Å². The van der Waals surface area contributed by atoms with Crippen LogP contribution in [0.25, 0.3) is 0 Å². The van der Waals surface area contributed by atoms with Crippen molar-refractivity contribution < 1.29 is 9.59 Å². The van der Waals surface area contributed by atoms with Crippen LogP contribution >= 0.6 is 12.4 Å². The molecule has 1 aliphatic heterocycles. The van der Waals surface area contributed by atoms with E-state index in [1.54, 1.807) is 0 Å². The third-order valence-corrected chi connectivity index (χ3v) is 4.18. The van der Waals surface area contributed by atoms with Crippen molar-refractivity contribution in [1.29, 1.82) is 0 Å². The van der Waals surface area contributed by atoms with E-state index < -0.39 is 0 Å². The number of rotatable bonds is 3. The number of carbonyl (C=O) groups excluding carboxylic acids is 2. The van der Waals surface area contributed by atoms with Crippen LogP contribution in [-0.2, 0) is 4.79 Å². The third kappa shape index (κ3) is 6.20. The highest BCUT2D eigenvalue weighted by molar-refractivity contribution is 5.95. The minimum atomic E-state index is -0.343. The molecule has 1 aliphatic carbocycles. The van der Waals surface area contributed by atoms with E-state index in [1.807, 2.05) is 0 Å². The number of nitrogens with one attached hydrogen (secondary N) is 3. The number of piperazine rings is 1. The normalized spacial score (nSPS) is 24.0. The van der Waals surface area contributed by atoms with Crippen molar-refractivity contribution in [2.24, 2.45) is 0 Å². The van der Waals surface area contributed by atoms with Gasteiger partial charge in [0.25, 0.3) is 0 Å². The van der Waals surface area contributed by atoms with Crippen molar-refractivity contribution in [1.82, 2.24) is 20.9 Å². The van der Waals surface area contributed by atoms with Crippen LogP contribution in [-0.4, -0.2) is 55.1 Å². The molecule has 2 aliphatic rings. The molecule has 0 aromatic rings. The minimum Gasteiger partial charge on any atom is -0.335 e. The van der Waals surface area contributed by atoms with Gasteiger partial charge in [-0.15, -0.1) is 12.4 Å². The van der Waals surface area contributed by atoms with Gasteiger partial charge in [0, 0.05) is 31.7 Å². The van der Waals surface area contributed by atoms with Crippen LogP contribution in [0.4, 0.5) is 4.79 Å². The van der Waals surface area contributed by atoms with Crippen molar-refractivity contribution in [2.45, 2.75) is 51.1 Å².